The lowest BCUT2D eigenvalue weighted by Gasteiger charge is -2.29. The van der Waals surface area contributed by atoms with E-state index in [1.54, 1.807) is 0 Å². The largest absolute Gasteiger partial charge is 0.457 e. The molecule has 3 rings (SSSR count). The van der Waals surface area contributed by atoms with Crippen molar-refractivity contribution in [3.63, 3.8) is 0 Å². The number of rotatable bonds is 3. The van der Waals surface area contributed by atoms with Crippen LogP contribution in [0.3, 0.4) is 0 Å². The summed E-state index contributed by atoms with van der Waals surface area (Å²) in [5.41, 5.74) is 3.23. The van der Waals surface area contributed by atoms with E-state index in [9.17, 15) is 9.90 Å². The van der Waals surface area contributed by atoms with Crippen molar-refractivity contribution in [1.29, 1.82) is 0 Å². The maximum atomic E-state index is 11.5. The molecule has 0 bridgehead atoms. The Morgan fingerprint density at radius 3 is 2.67 bits per heavy atom. The highest BCUT2D eigenvalue weighted by Gasteiger charge is 2.31. The summed E-state index contributed by atoms with van der Waals surface area (Å²) in [6, 6.07) is 8.29. The van der Waals surface area contributed by atoms with Gasteiger partial charge >= 0.3 is 5.97 Å². The average Bonchev–Trinajstić information content (AvgIpc) is 2.99. The van der Waals surface area contributed by atoms with Crippen LogP contribution in [0.5, 0.6) is 0 Å². The molecule has 2 aliphatic rings. The maximum absolute atomic E-state index is 11.5. The number of hydrogen-bond acceptors (Lipinski definition) is 3. The molecule has 0 aromatic heterocycles. The molecule has 112 valence electrons. The van der Waals surface area contributed by atoms with Crippen LogP contribution in [0.15, 0.2) is 30.8 Å². The Balaban J connectivity index is 1.85. The molecule has 3 nitrogen and oxygen atoms in total. The zero-order chi connectivity index (χ0) is 14.8. The van der Waals surface area contributed by atoms with Crippen LogP contribution in [0.1, 0.15) is 55.6 Å². The number of carbonyl (C=O) groups is 1. The number of benzene rings is 1. The van der Waals surface area contributed by atoms with Crippen LogP contribution in [0.25, 0.3) is 5.57 Å². The first-order valence-electron chi connectivity index (χ1n) is 7.81. The third kappa shape index (κ3) is 3.03. The van der Waals surface area contributed by atoms with Crippen molar-refractivity contribution in [2.24, 2.45) is 0 Å². The van der Waals surface area contributed by atoms with Crippen LogP contribution in [-0.4, -0.2) is 23.3 Å². The number of hydrogen-bond donors (Lipinski definition) is 1. The Kier molecular flexibility index (Phi) is 4.11. The van der Waals surface area contributed by atoms with Gasteiger partial charge in [-0.05, 0) is 35.5 Å². The summed E-state index contributed by atoms with van der Waals surface area (Å²) < 4.78 is 5.39. The van der Waals surface area contributed by atoms with Gasteiger partial charge in [0.05, 0.1) is 12.5 Å². The SMILES string of the molecule is C=C(c1ccccc1C1CCCC1)C1CC(O)CC(=O)O1. The standard InChI is InChI=1S/C18H22O3/c1-12(17-10-14(19)11-18(20)21-17)15-8-4-5-9-16(15)13-6-2-3-7-13/h4-5,8-9,13-14,17,19H,1-3,6-7,10-11H2. The van der Waals surface area contributed by atoms with Crippen molar-refractivity contribution in [1.82, 2.24) is 0 Å². The molecule has 1 aromatic rings. The van der Waals surface area contributed by atoms with E-state index < -0.39 is 12.2 Å². The molecule has 1 saturated carbocycles. The summed E-state index contributed by atoms with van der Waals surface area (Å²) in [5.74, 6) is 0.250. The van der Waals surface area contributed by atoms with Crippen LogP contribution in [0, 0.1) is 0 Å². The van der Waals surface area contributed by atoms with Crippen molar-refractivity contribution in [3.8, 4) is 0 Å². The molecule has 1 aliphatic carbocycles. The Bertz CT molecular complexity index is 543. The fourth-order valence-corrected chi connectivity index (χ4v) is 3.55. The Labute approximate surface area is 125 Å². The highest BCUT2D eigenvalue weighted by molar-refractivity contribution is 5.77. The molecule has 1 heterocycles. The molecule has 0 amide bonds. The quantitative estimate of drug-likeness (QED) is 0.866. The van der Waals surface area contributed by atoms with Crippen LogP contribution in [0.4, 0.5) is 0 Å². The summed E-state index contributed by atoms with van der Waals surface area (Å²) in [6.45, 7) is 4.16. The van der Waals surface area contributed by atoms with E-state index in [4.69, 9.17) is 4.74 Å². The molecule has 21 heavy (non-hydrogen) atoms. The van der Waals surface area contributed by atoms with Gasteiger partial charge in [0.1, 0.15) is 6.10 Å². The monoisotopic (exact) mass is 286 g/mol. The first kappa shape index (κ1) is 14.3. The smallest absolute Gasteiger partial charge is 0.309 e. The van der Waals surface area contributed by atoms with Crippen molar-refractivity contribution < 1.29 is 14.6 Å². The second-order valence-corrected chi connectivity index (χ2v) is 6.17. The third-order valence-electron chi connectivity index (χ3n) is 4.65. The van der Waals surface area contributed by atoms with E-state index in [2.05, 4.69) is 24.8 Å². The molecular weight excluding hydrogens is 264 g/mol. The lowest BCUT2D eigenvalue weighted by molar-refractivity contribution is -0.155. The predicted octanol–water partition coefficient (Wildman–Crippen LogP) is 3.42. The molecule has 0 radical (unpaired) electrons. The number of cyclic esters (lactones) is 1. The van der Waals surface area contributed by atoms with Gasteiger partial charge in [0, 0.05) is 6.42 Å². The van der Waals surface area contributed by atoms with Gasteiger partial charge in [0.2, 0.25) is 0 Å². The fraction of sp³-hybridized carbons (Fsp3) is 0.500. The summed E-state index contributed by atoms with van der Waals surface area (Å²) in [4.78, 5) is 11.5. The summed E-state index contributed by atoms with van der Waals surface area (Å²) in [6.07, 6.45) is 4.52. The zero-order valence-corrected chi connectivity index (χ0v) is 12.3. The van der Waals surface area contributed by atoms with Crippen LogP contribution < -0.4 is 0 Å². The zero-order valence-electron chi connectivity index (χ0n) is 12.3. The highest BCUT2D eigenvalue weighted by atomic mass is 16.5. The van der Waals surface area contributed by atoms with Gasteiger partial charge in [-0.1, -0.05) is 43.7 Å². The molecule has 1 N–H and O–H groups in total. The van der Waals surface area contributed by atoms with Crippen molar-refractivity contribution in [2.75, 3.05) is 0 Å². The first-order valence-corrected chi connectivity index (χ1v) is 7.81. The van der Waals surface area contributed by atoms with Gasteiger partial charge in [-0.15, -0.1) is 0 Å². The molecule has 2 unspecified atom stereocenters. The first-order chi connectivity index (χ1) is 10.1. The second-order valence-electron chi connectivity index (χ2n) is 6.17. The maximum Gasteiger partial charge on any atom is 0.309 e. The van der Waals surface area contributed by atoms with Gasteiger partial charge in [0.25, 0.3) is 0 Å². The number of aliphatic hydroxyl groups excluding tert-OH is 1. The van der Waals surface area contributed by atoms with Gasteiger partial charge < -0.3 is 9.84 Å². The van der Waals surface area contributed by atoms with Crippen molar-refractivity contribution in [2.45, 2.75) is 56.7 Å². The minimum Gasteiger partial charge on any atom is -0.457 e. The van der Waals surface area contributed by atoms with E-state index in [0.717, 1.165) is 11.1 Å². The van der Waals surface area contributed by atoms with Gasteiger partial charge in [-0.2, -0.15) is 0 Å². The van der Waals surface area contributed by atoms with Crippen LogP contribution >= 0.6 is 0 Å². The van der Waals surface area contributed by atoms with Gasteiger partial charge in [-0.3, -0.25) is 4.79 Å². The van der Waals surface area contributed by atoms with Crippen LogP contribution in [0.2, 0.25) is 0 Å². The van der Waals surface area contributed by atoms with E-state index >= 15 is 0 Å². The summed E-state index contributed by atoms with van der Waals surface area (Å²) in [7, 11) is 0. The van der Waals surface area contributed by atoms with E-state index in [-0.39, 0.29) is 12.4 Å². The summed E-state index contributed by atoms with van der Waals surface area (Å²) >= 11 is 0. The minimum atomic E-state index is -0.619. The lowest BCUT2D eigenvalue weighted by Crippen LogP contribution is -2.33. The van der Waals surface area contributed by atoms with E-state index in [1.807, 2.05) is 6.07 Å². The Morgan fingerprint density at radius 2 is 1.95 bits per heavy atom. The molecule has 2 fully saturated rings. The number of carbonyl (C=O) groups excluding carboxylic acids is 1. The van der Waals surface area contributed by atoms with E-state index in [0.29, 0.717) is 12.3 Å². The number of esters is 1. The molecule has 0 spiro atoms. The minimum absolute atomic E-state index is 0.0913. The van der Waals surface area contributed by atoms with Gasteiger partial charge in [-0.25, -0.2) is 0 Å². The molecule has 1 aromatic carbocycles. The van der Waals surface area contributed by atoms with Crippen LogP contribution in [-0.2, 0) is 9.53 Å². The van der Waals surface area contributed by atoms with E-state index in [1.165, 1.54) is 31.2 Å². The Morgan fingerprint density at radius 1 is 1.24 bits per heavy atom. The molecular formula is C18H22O3. The Hall–Kier alpha value is -1.61. The average molecular weight is 286 g/mol. The lowest BCUT2D eigenvalue weighted by atomic mass is 9.86. The number of ether oxygens (including phenoxy) is 1. The highest BCUT2D eigenvalue weighted by Crippen LogP contribution is 2.39. The number of aliphatic hydroxyl groups is 1. The molecule has 1 aliphatic heterocycles. The molecule has 3 heteroatoms. The van der Waals surface area contributed by atoms with Crippen molar-refractivity contribution >= 4 is 11.5 Å². The van der Waals surface area contributed by atoms with Gasteiger partial charge in [0.15, 0.2) is 0 Å². The summed E-state index contributed by atoms with van der Waals surface area (Å²) in [5, 5.41) is 9.78. The predicted molar refractivity (Wildman–Crippen MR) is 81.8 cm³/mol. The molecule has 2 atom stereocenters. The normalized spacial score (nSPS) is 26.6. The topological polar surface area (TPSA) is 46.5 Å². The molecule has 1 saturated heterocycles. The third-order valence-corrected chi connectivity index (χ3v) is 4.65. The second kappa shape index (κ2) is 6.02. The van der Waals surface area contributed by atoms with Crippen molar-refractivity contribution in [3.05, 3.63) is 42.0 Å². The fourth-order valence-electron chi connectivity index (χ4n) is 3.55.